The van der Waals surface area contributed by atoms with Crippen molar-refractivity contribution in [2.75, 3.05) is 0 Å². The van der Waals surface area contributed by atoms with Crippen LogP contribution in [0.3, 0.4) is 0 Å². The number of benzene rings is 4. The van der Waals surface area contributed by atoms with E-state index in [0.29, 0.717) is 0 Å². The molecule has 0 radical (unpaired) electrons. The Kier molecular flexibility index (Phi) is 13.5. The predicted molar refractivity (Wildman–Crippen MR) is 216 cm³/mol. The van der Waals surface area contributed by atoms with Crippen LogP contribution in [0.15, 0.2) is 78.9 Å². The second-order valence-corrected chi connectivity index (χ2v) is 16.0. The van der Waals surface area contributed by atoms with Crippen molar-refractivity contribution in [2.45, 2.75) is 116 Å². The minimum Gasteiger partial charge on any atom is -0.206 e. The van der Waals surface area contributed by atoms with Crippen molar-refractivity contribution < 1.29 is 8.78 Å². The van der Waals surface area contributed by atoms with Gasteiger partial charge < -0.3 is 0 Å². The molecule has 0 nitrogen and oxygen atoms in total. The zero-order chi connectivity index (χ0) is 34.5. The van der Waals surface area contributed by atoms with Gasteiger partial charge in [-0.15, -0.1) is 22.7 Å². The number of thiophene rings is 2. The molecule has 50 heavy (non-hydrogen) atoms. The van der Waals surface area contributed by atoms with E-state index >= 15 is 4.39 Å². The van der Waals surface area contributed by atoms with Crippen molar-refractivity contribution in [3.63, 3.8) is 0 Å². The lowest BCUT2D eigenvalue weighted by molar-refractivity contribution is 0.529. The van der Waals surface area contributed by atoms with Gasteiger partial charge in [0.25, 0.3) is 0 Å². The zero-order valence-corrected chi connectivity index (χ0v) is 31.2. The molecule has 0 amide bonds. The molecule has 260 valence electrons. The first-order valence-electron chi connectivity index (χ1n) is 19.0. The van der Waals surface area contributed by atoms with Crippen LogP contribution in [0.25, 0.3) is 40.7 Å². The number of halogens is 2. The lowest BCUT2D eigenvalue weighted by Gasteiger charge is -2.04. The molecule has 6 rings (SSSR count). The van der Waals surface area contributed by atoms with E-state index in [1.54, 1.807) is 24.3 Å². The topological polar surface area (TPSA) is 0 Å². The van der Waals surface area contributed by atoms with Crippen molar-refractivity contribution >= 4 is 52.2 Å². The second kappa shape index (κ2) is 18.6. The minimum absolute atomic E-state index is 0.260. The maximum Gasteiger partial charge on any atom is 0.139 e. The summed E-state index contributed by atoms with van der Waals surface area (Å²) < 4.78 is 34.2. The molecule has 0 spiro atoms. The molecular formula is C46H50F2S2. The molecule has 0 aliphatic carbocycles. The van der Waals surface area contributed by atoms with Crippen molar-refractivity contribution in [2.24, 2.45) is 0 Å². The molecule has 2 aromatic heterocycles. The Morgan fingerprint density at radius 1 is 0.480 bits per heavy atom. The third kappa shape index (κ3) is 9.62. The summed E-state index contributed by atoms with van der Waals surface area (Å²) in [5.74, 6) is 4.74. The zero-order valence-electron chi connectivity index (χ0n) is 29.6. The van der Waals surface area contributed by atoms with Crippen LogP contribution in [0.5, 0.6) is 0 Å². The third-order valence-electron chi connectivity index (χ3n) is 9.97. The van der Waals surface area contributed by atoms with Gasteiger partial charge in [0.2, 0.25) is 0 Å². The van der Waals surface area contributed by atoms with Crippen LogP contribution >= 0.6 is 22.7 Å². The number of unbranched alkanes of at least 4 members (excludes halogenated alkanes) is 15. The Bertz CT molecular complexity index is 2050. The van der Waals surface area contributed by atoms with E-state index in [-0.39, 0.29) is 11.1 Å². The van der Waals surface area contributed by atoms with Crippen LogP contribution in [0.4, 0.5) is 8.78 Å². The fourth-order valence-corrected chi connectivity index (χ4v) is 9.76. The first kappa shape index (κ1) is 36.3. The van der Waals surface area contributed by atoms with Gasteiger partial charge >= 0.3 is 0 Å². The van der Waals surface area contributed by atoms with Gasteiger partial charge in [-0.3, -0.25) is 0 Å². The van der Waals surface area contributed by atoms with Gasteiger partial charge in [-0.05, 0) is 65.9 Å². The van der Waals surface area contributed by atoms with E-state index in [9.17, 15) is 4.39 Å². The maximum atomic E-state index is 15.0. The molecular weight excluding hydrogens is 655 g/mol. The molecule has 0 N–H and O–H groups in total. The molecule has 0 bridgehead atoms. The Morgan fingerprint density at radius 3 is 1.58 bits per heavy atom. The van der Waals surface area contributed by atoms with Gasteiger partial charge in [-0.2, -0.15) is 0 Å². The van der Waals surface area contributed by atoms with Crippen LogP contribution < -0.4 is 0 Å². The SMILES string of the molecule is CCCCCCCCCCCCCCCCCCc1ccc2c(c1)sc1c3ccc(-c4ccc(C#Cc5ccccc5F)c(F)c4)cc3sc21. The average Bonchev–Trinajstić information content (AvgIpc) is 3.66. The molecule has 6 aromatic rings. The molecule has 0 atom stereocenters. The summed E-state index contributed by atoms with van der Waals surface area (Å²) in [4.78, 5) is 0. The van der Waals surface area contributed by atoms with Crippen molar-refractivity contribution in [3.8, 4) is 23.0 Å². The van der Waals surface area contributed by atoms with Gasteiger partial charge in [0.15, 0.2) is 0 Å². The highest BCUT2D eigenvalue weighted by molar-refractivity contribution is 7.36. The molecule has 4 aromatic carbocycles. The summed E-state index contributed by atoms with van der Waals surface area (Å²) in [6.07, 6.45) is 23.6. The fourth-order valence-electron chi connectivity index (χ4n) is 7.01. The fraction of sp³-hybridized carbons (Fsp3) is 0.391. The summed E-state index contributed by atoms with van der Waals surface area (Å²) in [6.45, 7) is 2.29. The molecule has 0 saturated carbocycles. The van der Waals surface area contributed by atoms with E-state index in [0.717, 1.165) is 17.5 Å². The van der Waals surface area contributed by atoms with Crippen LogP contribution in [0.1, 0.15) is 126 Å². The van der Waals surface area contributed by atoms with Gasteiger partial charge in [0.05, 0.1) is 20.5 Å². The Hall–Kier alpha value is -3.52. The molecule has 0 saturated heterocycles. The highest BCUT2D eigenvalue weighted by Gasteiger charge is 2.14. The highest BCUT2D eigenvalue weighted by atomic mass is 32.1. The van der Waals surface area contributed by atoms with Crippen molar-refractivity contribution in [3.05, 3.63) is 107 Å². The van der Waals surface area contributed by atoms with E-state index in [1.165, 1.54) is 150 Å². The molecule has 2 heterocycles. The first-order chi connectivity index (χ1) is 24.6. The van der Waals surface area contributed by atoms with E-state index in [4.69, 9.17) is 0 Å². The van der Waals surface area contributed by atoms with Crippen LogP contribution in [-0.2, 0) is 6.42 Å². The van der Waals surface area contributed by atoms with Gasteiger partial charge in [0, 0.05) is 20.2 Å². The summed E-state index contributed by atoms with van der Waals surface area (Å²) in [7, 11) is 0. The number of hydrogen-bond acceptors (Lipinski definition) is 2. The van der Waals surface area contributed by atoms with E-state index in [1.807, 2.05) is 28.7 Å². The van der Waals surface area contributed by atoms with Crippen LogP contribution in [0.2, 0.25) is 0 Å². The van der Waals surface area contributed by atoms with E-state index < -0.39 is 11.6 Å². The summed E-state index contributed by atoms with van der Waals surface area (Å²) >= 11 is 3.72. The van der Waals surface area contributed by atoms with Crippen LogP contribution in [0, 0.1) is 23.5 Å². The predicted octanol–water partition coefficient (Wildman–Crippen LogP) is 15.4. The smallest absolute Gasteiger partial charge is 0.139 e. The Balaban J connectivity index is 0.965. The summed E-state index contributed by atoms with van der Waals surface area (Å²) in [5, 5.41) is 2.61. The molecule has 0 fully saturated rings. The molecule has 0 aliphatic rings. The van der Waals surface area contributed by atoms with Crippen molar-refractivity contribution in [1.82, 2.24) is 0 Å². The average molecular weight is 705 g/mol. The number of aryl methyl sites for hydroxylation is 1. The maximum absolute atomic E-state index is 15.0. The Morgan fingerprint density at radius 2 is 0.980 bits per heavy atom. The third-order valence-corrected chi connectivity index (χ3v) is 12.5. The number of fused-ring (bicyclic) bond motifs is 5. The number of rotatable bonds is 18. The minimum atomic E-state index is -0.403. The standard InChI is InChI=1S/C46H50F2S2/c1-2-3-4-5-6-7-8-9-10-11-12-13-14-15-16-17-20-34-23-29-39-43(31-34)49-46-40-30-28-38(33-44(40)50-45(39)46)37-27-26-36(42(48)32-37)25-24-35-21-18-19-22-41(35)47/h18-19,21-23,26-33H,2-17,20H2,1H3. The summed E-state index contributed by atoms with van der Waals surface area (Å²) in [6, 6.07) is 24.9. The lowest BCUT2D eigenvalue weighted by Crippen LogP contribution is -1.87. The second-order valence-electron chi connectivity index (χ2n) is 13.9. The summed E-state index contributed by atoms with van der Waals surface area (Å²) in [5.41, 5.74) is 3.76. The van der Waals surface area contributed by atoms with Crippen molar-refractivity contribution in [1.29, 1.82) is 0 Å². The Labute approximate surface area is 306 Å². The van der Waals surface area contributed by atoms with Gasteiger partial charge in [0.1, 0.15) is 11.6 Å². The first-order valence-corrected chi connectivity index (χ1v) is 20.7. The van der Waals surface area contributed by atoms with Gasteiger partial charge in [-0.1, -0.05) is 158 Å². The lowest BCUT2D eigenvalue weighted by atomic mass is 10.0. The molecule has 4 heteroatoms. The quantitative estimate of drug-likeness (QED) is 0.0617. The molecule has 0 unspecified atom stereocenters. The van der Waals surface area contributed by atoms with E-state index in [2.05, 4.69) is 55.2 Å². The number of hydrogen-bond donors (Lipinski definition) is 0. The largest absolute Gasteiger partial charge is 0.206 e. The van der Waals surface area contributed by atoms with Gasteiger partial charge in [-0.25, -0.2) is 8.78 Å². The normalized spacial score (nSPS) is 11.5. The monoisotopic (exact) mass is 704 g/mol. The molecule has 0 aliphatic heterocycles. The van der Waals surface area contributed by atoms with Crippen LogP contribution in [-0.4, -0.2) is 0 Å². The highest BCUT2D eigenvalue weighted by Crippen LogP contribution is 2.45.